The number of anilines is 1. The first kappa shape index (κ1) is 18.4. The molecule has 2 aromatic rings. The van der Waals surface area contributed by atoms with Gasteiger partial charge in [0.15, 0.2) is 0 Å². The van der Waals surface area contributed by atoms with Gasteiger partial charge in [-0.2, -0.15) is 0 Å². The lowest BCUT2D eigenvalue weighted by atomic mass is 10.0. The van der Waals surface area contributed by atoms with E-state index in [9.17, 15) is 13.2 Å². The summed E-state index contributed by atoms with van der Waals surface area (Å²) in [6.07, 6.45) is 1.88. The van der Waals surface area contributed by atoms with Gasteiger partial charge in [0.2, 0.25) is 0 Å². The largest absolute Gasteiger partial charge is 0.339 e. The van der Waals surface area contributed by atoms with Gasteiger partial charge in [0.25, 0.3) is 15.9 Å². The van der Waals surface area contributed by atoms with E-state index >= 15 is 0 Å². The van der Waals surface area contributed by atoms with E-state index in [0.717, 1.165) is 25.9 Å². The van der Waals surface area contributed by atoms with Crippen LogP contribution in [-0.2, 0) is 10.0 Å². The second-order valence-electron chi connectivity index (χ2n) is 6.39. The summed E-state index contributed by atoms with van der Waals surface area (Å²) in [5, 5.41) is 3.29. The van der Waals surface area contributed by atoms with Crippen LogP contribution in [0.1, 0.15) is 23.2 Å². The molecular formula is C19H23N3O3S. The van der Waals surface area contributed by atoms with Crippen LogP contribution in [0.3, 0.4) is 0 Å². The molecule has 1 amide bonds. The van der Waals surface area contributed by atoms with Crippen molar-refractivity contribution in [3.8, 4) is 0 Å². The maximum absolute atomic E-state index is 12.6. The summed E-state index contributed by atoms with van der Waals surface area (Å²) in [5.41, 5.74) is 0.976. The lowest BCUT2D eigenvalue weighted by Gasteiger charge is -2.31. The number of nitrogens with one attached hydrogen (secondary N) is 2. The number of rotatable bonds is 5. The molecule has 0 unspecified atom stereocenters. The lowest BCUT2D eigenvalue weighted by Crippen LogP contribution is -2.43. The molecule has 0 aliphatic carbocycles. The Kier molecular flexibility index (Phi) is 5.58. The van der Waals surface area contributed by atoms with Crippen molar-refractivity contribution < 1.29 is 13.2 Å². The Balaban J connectivity index is 1.69. The van der Waals surface area contributed by atoms with Crippen molar-refractivity contribution in [3.63, 3.8) is 0 Å². The van der Waals surface area contributed by atoms with E-state index in [1.807, 2.05) is 7.05 Å². The highest BCUT2D eigenvalue weighted by molar-refractivity contribution is 7.92. The van der Waals surface area contributed by atoms with Crippen molar-refractivity contribution in [3.05, 3.63) is 60.2 Å². The molecule has 2 N–H and O–H groups in total. The van der Waals surface area contributed by atoms with Gasteiger partial charge in [-0.3, -0.25) is 9.52 Å². The first-order chi connectivity index (χ1) is 12.5. The molecule has 0 atom stereocenters. The van der Waals surface area contributed by atoms with Gasteiger partial charge in [-0.25, -0.2) is 8.42 Å². The molecule has 1 aliphatic heterocycles. The molecule has 6 nitrogen and oxygen atoms in total. The maximum atomic E-state index is 12.6. The summed E-state index contributed by atoms with van der Waals surface area (Å²) in [6.45, 7) is 1.84. The van der Waals surface area contributed by atoms with Gasteiger partial charge < -0.3 is 10.2 Å². The third-order valence-electron chi connectivity index (χ3n) is 4.61. The summed E-state index contributed by atoms with van der Waals surface area (Å²) in [7, 11) is -1.81. The number of sulfonamides is 1. The molecule has 2 aromatic carbocycles. The first-order valence-electron chi connectivity index (χ1n) is 8.63. The predicted octanol–water partition coefficient (Wildman–Crippen LogP) is 2.31. The quantitative estimate of drug-likeness (QED) is 0.843. The Labute approximate surface area is 154 Å². The van der Waals surface area contributed by atoms with Crippen LogP contribution in [0.5, 0.6) is 0 Å². The van der Waals surface area contributed by atoms with Crippen molar-refractivity contribution in [1.29, 1.82) is 0 Å². The van der Waals surface area contributed by atoms with Crippen LogP contribution in [0.2, 0.25) is 0 Å². The van der Waals surface area contributed by atoms with Crippen molar-refractivity contribution in [2.45, 2.75) is 23.8 Å². The number of hydrogen-bond donors (Lipinski definition) is 2. The first-order valence-corrected chi connectivity index (χ1v) is 10.1. The summed E-state index contributed by atoms with van der Waals surface area (Å²) in [5.74, 6) is -0.0469. The monoisotopic (exact) mass is 373 g/mol. The zero-order chi connectivity index (χ0) is 18.6. The van der Waals surface area contributed by atoms with E-state index in [1.165, 1.54) is 12.1 Å². The fourth-order valence-corrected chi connectivity index (χ4v) is 4.14. The topological polar surface area (TPSA) is 78.5 Å². The average Bonchev–Trinajstić information content (AvgIpc) is 2.68. The number of hydrogen-bond acceptors (Lipinski definition) is 4. The van der Waals surface area contributed by atoms with Gasteiger partial charge in [-0.1, -0.05) is 18.2 Å². The van der Waals surface area contributed by atoms with Crippen LogP contribution in [0, 0.1) is 0 Å². The molecule has 26 heavy (non-hydrogen) atoms. The van der Waals surface area contributed by atoms with Crippen LogP contribution in [0.25, 0.3) is 0 Å². The van der Waals surface area contributed by atoms with E-state index in [2.05, 4.69) is 10.0 Å². The van der Waals surface area contributed by atoms with E-state index in [1.54, 1.807) is 47.4 Å². The van der Waals surface area contributed by atoms with Gasteiger partial charge in [0, 0.05) is 24.3 Å². The third-order valence-corrected chi connectivity index (χ3v) is 6.01. The van der Waals surface area contributed by atoms with Crippen molar-refractivity contribution >= 4 is 21.6 Å². The third kappa shape index (κ3) is 4.23. The number of carbonyl (C=O) groups excluding carboxylic acids is 1. The molecule has 3 rings (SSSR count). The number of nitrogens with zero attached hydrogens (tertiary/aromatic N) is 1. The van der Waals surface area contributed by atoms with E-state index in [4.69, 9.17) is 0 Å². The Morgan fingerprint density at radius 2 is 1.65 bits per heavy atom. The molecule has 0 bridgehead atoms. The number of carbonyl (C=O) groups is 1. The van der Waals surface area contributed by atoms with E-state index in [0.29, 0.717) is 11.3 Å². The molecule has 0 saturated carbocycles. The molecule has 1 fully saturated rings. The fraction of sp³-hybridized carbons (Fsp3) is 0.316. The Morgan fingerprint density at radius 1 is 1.04 bits per heavy atom. The molecule has 1 saturated heterocycles. The second kappa shape index (κ2) is 7.88. The highest BCUT2D eigenvalue weighted by atomic mass is 32.2. The minimum absolute atomic E-state index is 0.0469. The summed E-state index contributed by atoms with van der Waals surface area (Å²) in [6, 6.07) is 15.0. The Morgan fingerprint density at radius 3 is 2.27 bits per heavy atom. The number of benzene rings is 2. The highest BCUT2D eigenvalue weighted by Gasteiger charge is 2.23. The summed E-state index contributed by atoms with van der Waals surface area (Å²) < 4.78 is 27.2. The summed E-state index contributed by atoms with van der Waals surface area (Å²) >= 11 is 0. The molecule has 138 valence electrons. The van der Waals surface area contributed by atoms with Gasteiger partial charge in [-0.05, 0) is 62.3 Å². The zero-order valence-electron chi connectivity index (χ0n) is 14.7. The molecule has 0 spiro atoms. The van der Waals surface area contributed by atoms with Crippen molar-refractivity contribution in [1.82, 2.24) is 10.2 Å². The fourth-order valence-electron chi connectivity index (χ4n) is 3.06. The maximum Gasteiger partial charge on any atom is 0.261 e. The minimum atomic E-state index is -3.63. The Bertz CT molecular complexity index is 845. The number of piperidine rings is 1. The van der Waals surface area contributed by atoms with E-state index in [-0.39, 0.29) is 16.8 Å². The van der Waals surface area contributed by atoms with Crippen molar-refractivity contribution in [2.75, 3.05) is 24.9 Å². The van der Waals surface area contributed by atoms with Crippen LogP contribution in [0.15, 0.2) is 59.5 Å². The smallest absolute Gasteiger partial charge is 0.261 e. The normalized spacial score (nSPS) is 15.4. The Hall–Kier alpha value is -2.38. The standard InChI is InChI=1S/C19H23N3O3S/c1-22(17-11-13-20-14-12-17)19(23)15-7-9-16(10-8-15)21-26(24,25)18-5-3-2-4-6-18/h2-10,17,20-21H,11-14H2,1H3. The lowest BCUT2D eigenvalue weighted by molar-refractivity contribution is 0.0703. The van der Waals surface area contributed by atoms with Crippen LogP contribution >= 0.6 is 0 Å². The second-order valence-corrected chi connectivity index (χ2v) is 8.08. The van der Waals surface area contributed by atoms with Gasteiger partial charge in [0.1, 0.15) is 0 Å². The number of amides is 1. The van der Waals surface area contributed by atoms with Crippen molar-refractivity contribution in [2.24, 2.45) is 0 Å². The highest BCUT2D eigenvalue weighted by Crippen LogP contribution is 2.18. The minimum Gasteiger partial charge on any atom is -0.339 e. The van der Waals surface area contributed by atoms with Crippen LogP contribution in [0.4, 0.5) is 5.69 Å². The zero-order valence-corrected chi connectivity index (χ0v) is 15.5. The molecule has 7 heteroatoms. The molecule has 0 aromatic heterocycles. The molecule has 1 aliphatic rings. The molecule has 1 heterocycles. The summed E-state index contributed by atoms with van der Waals surface area (Å²) in [4.78, 5) is 14.6. The molecular weight excluding hydrogens is 350 g/mol. The van der Waals surface area contributed by atoms with Crippen LogP contribution < -0.4 is 10.0 Å². The average molecular weight is 373 g/mol. The van der Waals surface area contributed by atoms with Gasteiger partial charge in [-0.15, -0.1) is 0 Å². The predicted molar refractivity (Wildman–Crippen MR) is 102 cm³/mol. The van der Waals surface area contributed by atoms with E-state index < -0.39 is 10.0 Å². The van der Waals surface area contributed by atoms with Crippen LogP contribution in [-0.4, -0.2) is 45.4 Å². The van der Waals surface area contributed by atoms with Gasteiger partial charge >= 0.3 is 0 Å². The molecule has 0 radical (unpaired) electrons. The van der Waals surface area contributed by atoms with Gasteiger partial charge in [0.05, 0.1) is 4.90 Å². The SMILES string of the molecule is CN(C(=O)c1ccc(NS(=O)(=O)c2ccccc2)cc1)C1CCNCC1.